The van der Waals surface area contributed by atoms with E-state index in [0.717, 1.165) is 30.4 Å². The van der Waals surface area contributed by atoms with Gasteiger partial charge in [0.1, 0.15) is 9.84 Å². The maximum absolute atomic E-state index is 11.5. The summed E-state index contributed by atoms with van der Waals surface area (Å²) < 4.78 is 23.0. The molecule has 0 amide bonds. The molecular weight excluding hydrogens is 396 g/mol. The summed E-state index contributed by atoms with van der Waals surface area (Å²) in [4.78, 5) is 0. The summed E-state index contributed by atoms with van der Waals surface area (Å²) in [6, 6.07) is 0. The molecule has 5 heteroatoms. The molecule has 0 radical (unpaired) electrons. The minimum atomic E-state index is -2.88. The van der Waals surface area contributed by atoms with E-state index in [9.17, 15) is 18.6 Å². The molecule has 0 spiro atoms. The van der Waals surface area contributed by atoms with Crippen LogP contribution in [0.1, 0.15) is 71.6 Å². The van der Waals surface area contributed by atoms with Crippen molar-refractivity contribution in [3.8, 4) is 0 Å². The van der Waals surface area contributed by atoms with Crippen LogP contribution in [-0.4, -0.2) is 42.8 Å². The van der Waals surface area contributed by atoms with Gasteiger partial charge in [0.25, 0.3) is 0 Å². The summed E-state index contributed by atoms with van der Waals surface area (Å²) in [6.45, 7) is 8.80. The molecule has 3 saturated carbocycles. The van der Waals surface area contributed by atoms with Crippen molar-refractivity contribution in [2.24, 2.45) is 23.2 Å². The molecule has 30 heavy (non-hydrogen) atoms. The summed E-state index contributed by atoms with van der Waals surface area (Å²) in [6.07, 6.45) is 13.2. The van der Waals surface area contributed by atoms with Crippen molar-refractivity contribution in [3.05, 3.63) is 35.5 Å². The van der Waals surface area contributed by atoms with Crippen molar-refractivity contribution in [2.45, 2.75) is 83.8 Å². The number of sulfone groups is 1. The van der Waals surface area contributed by atoms with Gasteiger partial charge in [0.15, 0.2) is 0 Å². The van der Waals surface area contributed by atoms with Crippen LogP contribution >= 0.6 is 0 Å². The maximum Gasteiger partial charge on any atom is 0.147 e. The molecule has 3 aliphatic rings. The van der Waals surface area contributed by atoms with E-state index in [0.29, 0.717) is 36.3 Å². The molecule has 0 aromatic carbocycles. The first-order valence-electron chi connectivity index (χ1n) is 11.6. The van der Waals surface area contributed by atoms with Crippen molar-refractivity contribution in [2.75, 3.05) is 12.0 Å². The van der Waals surface area contributed by atoms with Crippen molar-refractivity contribution >= 4 is 9.84 Å². The third-order valence-corrected chi connectivity index (χ3v) is 9.19. The van der Waals surface area contributed by atoms with E-state index in [-0.39, 0.29) is 5.41 Å². The minimum absolute atomic E-state index is 0.287. The Morgan fingerprint density at radius 3 is 2.70 bits per heavy atom. The van der Waals surface area contributed by atoms with Crippen LogP contribution in [-0.2, 0) is 9.84 Å². The predicted octanol–water partition coefficient (Wildman–Crippen LogP) is 4.59. The second-order valence-corrected chi connectivity index (χ2v) is 12.7. The minimum Gasteiger partial charge on any atom is -0.393 e. The van der Waals surface area contributed by atoms with E-state index in [2.05, 4.69) is 32.6 Å². The van der Waals surface area contributed by atoms with Gasteiger partial charge in [-0.1, -0.05) is 38.2 Å². The fourth-order valence-corrected chi connectivity index (χ4v) is 7.24. The van der Waals surface area contributed by atoms with Crippen LogP contribution in [0.3, 0.4) is 0 Å². The van der Waals surface area contributed by atoms with Gasteiger partial charge in [0.05, 0.1) is 12.2 Å². The Hall–Kier alpha value is -0.910. The highest BCUT2D eigenvalue weighted by Gasteiger charge is 2.50. The standard InChI is InChI=1S/C25H40O4S/c1-17(7-6-14-30(4,28)29)22-11-12-23-19(8-5-13-25(22,23)3)9-10-20-15-21(26)16-24(27)18(20)2/h9-10,17,21-24,26-27H,2,5-8,11-16H2,1,3-4H3/b19-9+,20-10-/t17-,21-,22-,23+,24+,25-/m1/s1. The molecule has 3 fully saturated rings. The number of fused-ring (bicyclic) bond motifs is 1. The third kappa shape index (κ3) is 5.28. The summed E-state index contributed by atoms with van der Waals surface area (Å²) in [5.41, 5.74) is 3.52. The second-order valence-electron chi connectivity index (χ2n) is 10.4. The molecule has 170 valence electrons. The summed E-state index contributed by atoms with van der Waals surface area (Å²) in [5, 5.41) is 20.1. The topological polar surface area (TPSA) is 74.6 Å². The number of hydrogen-bond acceptors (Lipinski definition) is 4. The van der Waals surface area contributed by atoms with Crippen LogP contribution in [0.25, 0.3) is 0 Å². The van der Waals surface area contributed by atoms with Gasteiger partial charge in [-0.2, -0.15) is 0 Å². The van der Waals surface area contributed by atoms with Gasteiger partial charge in [0.2, 0.25) is 0 Å². The lowest BCUT2D eigenvalue weighted by molar-refractivity contribution is 0.0861. The Bertz CT molecular complexity index is 809. The first kappa shape index (κ1) is 23.7. The summed E-state index contributed by atoms with van der Waals surface area (Å²) in [7, 11) is -2.88. The Morgan fingerprint density at radius 1 is 1.27 bits per heavy atom. The highest BCUT2D eigenvalue weighted by Crippen LogP contribution is 2.59. The normalized spacial score (nSPS) is 38.8. The van der Waals surface area contributed by atoms with E-state index in [1.54, 1.807) is 0 Å². The van der Waals surface area contributed by atoms with Crippen LogP contribution in [0.15, 0.2) is 35.5 Å². The zero-order valence-corrected chi connectivity index (χ0v) is 19.8. The fourth-order valence-electron chi connectivity index (χ4n) is 6.55. The van der Waals surface area contributed by atoms with E-state index >= 15 is 0 Å². The largest absolute Gasteiger partial charge is 0.393 e. The quantitative estimate of drug-likeness (QED) is 0.639. The van der Waals surface area contributed by atoms with Gasteiger partial charge in [-0.3, -0.25) is 0 Å². The lowest BCUT2D eigenvalue weighted by Gasteiger charge is -2.44. The first-order valence-corrected chi connectivity index (χ1v) is 13.7. The third-order valence-electron chi connectivity index (χ3n) is 8.16. The second kappa shape index (κ2) is 9.30. The van der Waals surface area contributed by atoms with Crippen LogP contribution in [0, 0.1) is 23.2 Å². The van der Waals surface area contributed by atoms with Crippen molar-refractivity contribution < 1.29 is 18.6 Å². The average molecular weight is 437 g/mol. The van der Waals surface area contributed by atoms with Gasteiger partial charge in [-0.05, 0) is 85.7 Å². The van der Waals surface area contributed by atoms with Crippen molar-refractivity contribution in [3.63, 3.8) is 0 Å². The van der Waals surface area contributed by atoms with Crippen molar-refractivity contribution in [1.29, 1.82) is 0 Å². The monoisotopic (exact) mass is 436 g/mol. The molecule has 0 aliphatic heterocycles. The Balaban J connectivity index is 1.71. The Labute approximate surface area is 183 Å². The van der Waals surface area contributed by atoms with Crippen molar-refractivity contribution in [1.82, 2.24) is 0 Å². The smallest absolute Gasteiger partial charge is 0.147 e. The Morgan fingerprint density at radius 2 is 2.00 bits per heavy atom. The maximum atomic E-state index is 11.5. The van der Waals surface area contributed by atoms with E-state index < -0.39 is 22.0 Å². The van der Waals surface area contributed by atoms with Crippen LogP contribution in [0.4, 0.5) is 0 Å². The first-order chi connectivity index (χ1) is 14.0. The lowest BCUT2D eigenvalue weighted by Crippen LogP contribution is -2.36. The zero-order valence-electron chi connectivity index (χ0n) is 18.9. The van der Waals surface area contributed by atoms with Crippen LogP contribution in [0.2, 0.25) is 0 Å². The summed E-state index contributed by atoms with van der Waals surface area (Å²) >= 11 is 0. The van der Waals surface area contributed by atoms with Gasteiger partial charge in [0, 0.05) is 18.4 Å². The zero-order chi connectivity index (χ0) is 22.1. The molecule has 3 rings (SSSR count). The number of aliphatic hydroxyl groups excluding tert-OH is 2. The van der Waals surface area contributed by atoms with Crippen LogP contribution < -0.4 is 0 Å². The molecule has 0 heterocycles. The molecular formula is C25H40O4S. The van der Waals surface area contributed by atoms with Gasteiger partial charge in [-0.25, -0.2) is 8.42 Å². The molecule has 0 bridgehead atoms. The van der Waals surface area contributed by atoms with E-state index in [1.165, 1.54) is 37.5 Å². The highest BCUT2D eigenvalue weighted by atomic mass is 32.2. The summed E-state index contributed by atoms with van der Waals surface area (Å²) in [5.74, 6) is 2.07. The number of hydrogen-bond donors (Lipinski definition) is 2. The molecule has 0 saturated heterocycles. The van der Waals surface area contributed by atoms with Gasteiger partial charge in [-0.15, -0.1) is 0 Å². The molecule has 0 aromatic heterocycles. The molecule has 0 aromatic rings. The van der Waals surface area contributed by atoms with E-state index in [4.69, 9.17) is 0 Å². The molecule has 4 nitrogen and oxygen atoms in total. The highest BCUT2D eigenvalue weighted by molar-refractivity contribution is 7.90. The Kier molecular flexibility index (Phi) is 7.36. The SMILES string of the molecule is C=C1/C(=C\C=C2/CCC[C@]3(C)[C@@H]([C@H](C)CCCS(C)(=O)=O)CC[C@@H]23)C[C@@H](O)C[C@@H]1O. The van der Waals surface area contributed by atoms with Gasteiger partial charge < -0.3 is 10.2 Å². The fraction of sp³-hybridized carbons (Fsp3) is 0.760. The number of allylic oxidation sites excluding steroid dienone is 3. The lowest BCUT2D eigenvalue weighted by atomic mass is 9.61. The average Bonchev–Trinajstić information content (AvgIpc) is 3.00. The molecule has 6 atom stereocenters. The number of aliphatic hydroxyl groups is 2. The molecule has 3 aliphatic carbocycles. The van der Waals surface area contributed by atoms with E-state index in [1.807, 2.05) is 0 Å². The molecule has 2 N–H and O–H groups in total. The van der Waals surface area contributed by atoms with Crippen LogP contribution in [0.5, 0.6) is 0 Å². The molecule has 0 unspecified atom stereocenters. The van der Waals surface area contributed by atoms with Gasteiger partial charge >= 0.3 is 0 Å². The number of rotatable bonds is 6. The predicted molar refractivity (Wildman–Crippen MR) is 123 cm³/mol.